The second-order valence-corrected chi connectivity index (χ2v) is 5.67. The van der Waals surface area contributed by atoms with Gasteiger partial charge in [-0.3, -0.25) is 9.78 Å². The number of carbonyl (C=O) groups excluding carboxylic acids is 1. The summed E-state index contributed by atoms with van der Waals surface area (Å²) in [5.41, 5.74) is 1.12. The minimum absolute atomic E-state index is 0.461. The number of carbonyl (C=O) groups is 1. The smallest absolute Gasteiger partial charge is 0.153 e. The standard InChI is InChI=1S/C16H9BrClNO2/c17-11-3-5-14(10(8-11)9-20)21-15-6-4-13(18)12-2-1-7-19-16(12)15/h1-9H. The van der Waals surface area contributed by atoms with E-state index in [-0.39, 0.29) is 0 Å². The number of rotatable bonds is 3. The maximum Gasteiger partial charge on any atom is 0.153 e. The highest BCUT2D eigenvalue weighted by Gasteiger charge is 2.10. The lowest BCUT2D eigenvalue weighted by Crippen LogP contribution is -1.92. The van der Waals surface area contributed by atoms with Gasteiger partial charge in [-0.25, -0.2) is 0 Å². The van der Waals surface area contributed by atoms with Crippen LogP contribution in [0.25, 0.3) is 10.9 Å². The van der Waals surface area contributed by atoms with Gasteiger partial charge in [-0.05, 0) is 42.5 Å². The topological polar surface area (TPSA) is 39.2 Å². The van der Waals surface area contributed by atoms with Crippen molar-refractivity contribution in [3.8, 4) is 11.5 Å². The highest BCUT2D eigenvalue weighted by Crippen LogP contribution is 2.34. The molecule has 0 atom stereocenters. The summed E-state index contributed by atoms with van der Waals surface area (Å²) in [7, 11) is 0. The predicted octanol–water partition coefficient (Wildman–Crippen LogP) is 5.26. The van der Waals surface area contributed by atoms with Gasteiger partial charge in [-0.15, -0.1) is 0 Å². The van der Waals surface area contributed by atoms with Gasteiger partial charge in [-0.1, -0.05) is 27.5 Å². The van der Waals surface area contributed by atoms with Gasteiger partial charge in [0.2, 0.25) is 0 Å². The highest BCUT2D eigenvalue weighted by atomic mass is 79.9. The first-order valence-electron chi connectivity index (χ1n) is 6.15. The van der Waals surface area contributed by atoms with Crippen molar-refractivity contribution in [2.24, 2.45) is 0 Å². The van der Waals surface area contributed by atoms with E-state index >= 15 is 0 Å². The number of hydrogen-bond acceptors (Lipinski definition) is 3. The van der Waals surface area contributed by atoms with E-state index in [0.717, 1.165) is 16.1 Å². The Balaban J connectivity index is 2.11. The Morgan fingerprint density at radius 3 is 2.76 bits per heavy atom. The second kappa shape index (κ2) is 5.84. The summed E-state index contributed by atoms with van der Waals surface area (Å²) in [4.78, 5) is 15.5. The average Bonchev–Trinajstić information content (AvgIpc) is 2.52. The second-order valence-electron chi connectivity index (χ2n) is 4.35. The molecule has 21 heavy (non-hydrogen) atoms. The van der Waals surface area contributed by atoms with Crippen LogP contribution >= 0.6 is 27.5 Å². The highest BCUT2D eigenvalue weighted by molar-refractivity contribution is 9.10. The van der Waals surface area contributed by atoms with Crippen molar-refractivity contribution in [2.75, 3.05) is 0 Å². The van der Waals surface area contributed by atoms with Gasteiger partial charge in [0.05, 0.1) is 10.6 Å². The van der Waals surface area contributed by atoms with Crippen molar-refractivity contribution in [1.82, 2.24) is 4.98 Å². The van der Waals surface area contributed by atoms with E-state index < -0.39 is 0 Å². The molecule has 0 amide bonds. The van der Waals surface area contributed by atoms with Gasteiger partial charge in [-0.2, -0.15) is 0 Å². The van der Waals surface area contributed by atoms with Gasteiger partial charge in [0, 0.05) is 16.1 Å². The minimum atomic E-state index is 0.461. The van der Waals surface area contributed by atoms with Crippen molar-refractivity contribution >= 4 is 44.7 Å². The van der Waals surface area contributed by atoms with Crippen LogP contribution in [-0.2, 0) is 0 Å². The van der Waals surface area contributed by atoms with Crippen LogP contribution in [0.4, 0.5) is 0 Å². The molecule has 3 aromatic rings. The first-order valence-corrected chi connectivity index (χ1v) is 7.32. The number of aldehydes is 1. The van der Waals surface area contributed by atoms with Crippen molar-refractivity contribution in [3.63, 3.8) is 0 Å². The Bertz CT molecular complexity index is 836. The molecule has 0 saturated heterocycles. The lowest BCUT2D eigenvalue weighted by molar-refractivity contribution is 0.112. The zero-order chi connectivity index (χ0) is 14.8. The third kappa shape index (κ3) is 2.77. The van der Waals surface area contributed by atoms with Crippen molar-refractivity contribution in [1.29, 1.82) is 0 Å². The molecular formula is C16H9BrClNO2. The fraction of sp³-hybridized carbons (Fsp3) is 0. The van der Waals surface area contributed by atoms with Gasteiger partial charge in [0.1, 0.15) is 11.3 Å². The molecule has 5 heteroatoms. The zero-order valence-corrected chi connectivity index (χ0v) is 13.1. The number of benzene rings is 2. The molecule has 104 valence electrons. The quantitative estimate of drug-likeness (QED) is 0.597. The average molecular weight is 363 g/mol. The summed E-state index contributed by atoms with van der Waals surface area (Å²) in [5, 5.41) is 1.42. The molecule has 0 saturated carbocycles. The molecule has 0 spiro atoms. The summed E-state index contributed by atoms with van der Waals surface area (Å²) in [6.45, 7) is 0. The number of halogens is 2. The maximum atomic E-state index is 11.1. The molecule has 0 radical (unpaired) electrons. The largest absolute Gasteiger partial charge is 0.454 e. The number of hydrogen-bond donors (Lipinski definition) is 0. The Morgan fingerprint density at radius 1 is 1.14 bits per heavy atom. The SMILES string of the molecule is O=Cc1cc(Br)ccc1Oc1ccc(Cl)c2cccnc12. The van der Waals surface area contributed by atoms with Gasteiger partial charge in [0.15, 0.2) is 12.0 Å². The van der Waals surface area contributed by atoms with Gasteiger partial charge < -0.3 is 4.74 Å². The van der Waals surface area contributed by atoms with Crippen molar-refractivity contribution < 1.29 is 9.53 Å². The molecule has 0 unspecified atom stereocenters. The summed E-state index contributed by atoms with van der Waals surface area (Å²) < 4.78 is 6.67. The summed E-state index contributed by atoms with van der Waals surface area (Å²) in [6.07, 6.45) is 2.43. The molecule has 2 aromatic carbocycles. The van der Waals surface area contributed by atoms with Crippen molar-refractivity contribution in [3.05, 3.63) is 63.7 Å². The third-order valence-corrected chi connectivity index (χ3v) is 3.82. The van der Waals surface area contributed by atoms with E-state index in [9.17, 15) is 4.79 Å². The van der Waals surface area contributed by atoms with Crippen LogP contribution in [0.3, 0.4) is 0 Å². The molecule has 0 bridgehead atoms. The van der Waals surface area contributed by atoms with E-state index in [1.54, 1.807) is 30.5 Å². The Kier molecular flexibility index (Phi) is 3.90. The van der Waals surface area contributed by atoms with E-state index in [0.29, 0.717) is 27.6 Å². The number of nitrogens with zero attached hydrogens (tertiary/aromatic N) is 1. The fourth-order valence-corrected chi connectivity index (χ4v) is 2.61. The monoisotopic (exact) mass is 361 g/mol. The molecule has 3 rings (SSSR count). The number of pyridine rings is 1. The van der Waals surface area contributed by atoms with Gasteiger partial charge in [0.25, 0.3) is 0 Å². The third-order valence-electron chi connectivity index (χ3n) is 3.00. The Hall–Kier alpha value is -1.91. The summed E-state index contributed by atoms with van der Waals surface area (Å²) >= 11 is 9.48. The van der Waals surface area contributed by atoms with Crippen LogP contribution in [0.15, 0.2) is 53.1 Å². The number of ether oxygens (including phenoxy) is 1. The van der Waals surface area contributed by atoms with E-state index in [2.05, 4.69) is 20.9 Å². The predicted molar refractivity (Wildman–Crippen MR) is 86.4 cm³/mol. The molecule has 0 aliphatic heterocycles. The van der Waals surface area contributed by atoms with Crippen LogP contribution in [0.5, 0.6) is 11.5 Å². The van der Waals surface area contributed by atoms with Crippen LogP contribution in [0.2, 0.25) is 5.02 Å². The number of aromatic nitrogens is 1. The van der Waals surface area contributed by atoms with Gasteiger partial charge >= 0.3 is 0 Å². The van der Waals surface area contributed by atoms with Crippen LogP contribution in [0.1, 0.15) is 10.4 Å². The van der Waals surface area contributed by atoms with Crippen LogP contribution in [-0.4, -0.2) is 11.3 Å². The van der Waals surface area contributed by atoms with E-state index in [4.69, 9.17) is 16.3 Å². The zero-order valence-electron chi connectivity index (χ0n) is 10.7. The molecule has 0 N–H and O–H groups in total. The minimum Gasteiger partial charge on any atom is -0.454 e. The molecule has 3 nitrogen and oxygen atoms in total. The molecule has 0 fully saturated rings. The molecule has 1 heterocycles. The Morgan fingerprint density at radius 2 is 1.95 bits per heavy atom. The van der Waals surface area contributed by atoms with E-state index in [1.165, 1.54) is 0 Å². The summed E-state index contributed by atoms with van der Waals surface area (Å²) in [5.74, 6) is 1.03. The maximum absolute atomic E-state index is 11.1. The summed E-state index contributed by atoms with van der Waals surface area (Å²) in [6, 6.07) is 12.4. The Labute approximate surface area is 134 Å². The lowest BCUT2D eigenvalue weighted by atomic mass is 10.2. The molecule has 0 aliphatic rings. The normalized spacial score (nSPS) is 10.6. The molecule has 1 aromatic heterocycles. The fourth-order valence-electron chi connectivity index (χ4n) is 2.02. The molecular weight excluding hydrogens is 354 g/mol. The van der Waals surface area contributed by atoms with Crippen molar-refractivity contribution in [2.45, 2.75) is 0 Å². The first-order chi connectivity index (χ1) is 10.2. The van der Waals surface area contributed by atoms with Crippen LogP contribution in [0, 0.1) is 0 Å². The first kappa shape index (κ1) is 14.0. The number of fused-ring (bicyclic) bond motifs is 1. The molecule has 0 aliphatic carbocycles. The van der Waals surface area contributed by atoms with E-state index in [1.807, 2.05) is 18.2 Å². The van der Waals surface area contributed by atoms with Crippen LogP contribution < -0.4 is 4.74 Å². The lowest BCUT2D eigenvalue weighted by Gasteiger charge is -2.11.